The van der Waals surface area contributed by atoms with Gasteiger partial charge in [-0.05, 0) is 13.0 Å². The van der Waals surface area contributed by atoms with Crippen LogP contribution in [0.5, 0.6) is 0 Å². The molecule has 0 unspecified atom stereocenters. The Morgan fingerprint density at radius 2 is 2.00 bits per heavy atom. The average molecular weight is 216 g/mol. The van der Waals surface area contributed by atoms with Crippen LogP contribution in [0.2, 0.25) is 0 Å². The van der Waals surface area contributed by atoms with E-state index in [9.17, 15) is 5.11 Å². The van der Waals surface area contributed by atoms with E-state index >= 15 is 0 Å². The smallest absolute Gasteiger partial charge is 0.0925 e. The summed E-state index contributed by atoms with van der Waals surface area (Å²) in [7, 11) is 1.91. The first kappa shape index (κ1) is 10.9. The number of aryl methyl sites for hydroxylation is 1. The number of hydrogen-bond acceptors (Lipinski definition) is 2. The predicted octanol–water partition coefficient (Wildman–Crippen LogP) is 2.01. The highest BCUT2D eigenvalue weighted by Gasteiger charge is 2.08. The maximum Gasteiger partial charge on any atom is 0.0925 e. The molecule has 2 aromatic rings. The Hall–Kier alpha value is -1.61. The fraction of sp³-hybridized carbons (Fsp3) is 0.308. The van der Waals surface area contributed by atoms with Crippen LogP contribution in [0.1, 0.15) is 12.6 Å². The van der Waals surface area contributed by atoms with Gasteiger partial charge in [-0.15, -0.1) is 0 Å². The molecule has 1 atom stereocenters. The number of aromatic nitrogens is 2. The third kappa shape index (κ3) is 2.31. The molecular weight excluding hydrogens is 200 g/mol. The Bertz CT molecular complexity index is 460. The average Bonchev–Trinajstić information content (AvgIpc) is 2.61. The van der Waals surface area contributed by atoms with Crippen molar-refractivity contribution in [1.29, 1.82) is 0 Å². The third-order valence-electron chi connectivity index (χ3n) is 2.55. The molecule has 0 amide bonds. The van der Waals surface area contributed by atoms with Gasteiger partial charge >= 0.3 is 0 Å². The molecule has 0 aliphatic carbocycles. The number of nitrogens with zero attached hydrogens (tertiary/aromatic N) is 2. The van der Waals surface area contributed by atoms with Crippen LogP contribution in [0.3, 0.4) is 0 Å². The second kappa shape index (κ2) is 4.49. The van der Waals surface area contributed by atoms with Crippen molar-refractivity contribution in [3.05, 3.63) is 42.1 Å². The molecule has 1 aromatic carbocycles. The van der Waals surface area contributed by atoms with Crippen molar-refractivity contribution in [2.24, 2.45) is 7.05 Å². The van der Waals surface area contributed by atoms with Crippen LogP contribution in [0, 0.1) is 0 Å². The molecule has 0 aliphatic rings. The quantitative estimate of drug-likeness (QED) is 0.852. The van der Waals surface area contributed by atoms with Crippen LogP contribution in [-0.2, 0) is 13.5 Å². The van der Waals surface area contributed by atoms with E-state index in [0.717, 1.165) is 17.0 Å². The van der Waals surface area contributed by atoms with Gasteiger partial charge in [-0.25, -0.2) is 0 Å². The van der Waals surface area contributed by atoms with Gasteiger partial charge in [0.15, 0.2) is 0 Å². The van der Waals surface area contributed by atoms with Crippen LogP contribution in [0.15, 0.2) is 36.4 Å². The van der Waals surface area contributed by atoms with Crippen molar-refractivity contribution in [2.45, 2.75) is 19.4 Å². The Kier molecular flexibility index (Phi) is 3.06. The summed E-state index contributed by atoms with van der Waals surface area (Å²) < 4.78 is 1.83. The fourth-order valence-corrected chi connectivity index (χ4v) is 1.75. The first-order valence-corrected chi connectivity index (χ1v) is 5.43. The summed E-state index contributed by atoms with van der Waals surface area (Å²) in [5.41, 5.74) is 3.11. The molecule has 0 spiro atoms. The van der Waals surface area contributed by atoms with E-state index in [4.69, 9.17) is 0 Å². The van der Waals surface area contributed by atoms with Crippen LogP contribution in [0.25, 0.3) is 11.3 Å². The molecule has 0 radical (unpaired) electrons. The number of benzene rings is 1. The highest BCUT2D eigenvalue weighted by Crippen LogP contribution is 2.18. The van der Waals surface area contributed by atoms with Gasteiger partial charge < -0.3 is 5.11 Å². The second-order valence-electron chi connectivity index (χ2n) is 4.06. The van der Waals surface area contributed by atoms with Gasteiger partial charge in [-0.2, -0.15) is 5.10 Å². The van der Waals surface area contributed by atoms with Gasteiger partial charge in [0.2, 0.25) is 0 Å². The van der Waals surface area contributed by atoms with Gasteiger partial charge in [0.25, 0.3) is 0 Å². The number of rotatable bonds is 3. The molecule has 1 heterocycles. The lowest BCUT2D eigenvalue weighted by molar-refractivity contribution is 0.193. The lowest BCUT2D eigenvalue weighted by Crippen LogP contribution is -2.08. The Morgan fingerprint density at radius 3 is 2.62 bits per heavy atom. The zero-order chi connectivity index (χ0) is 11.5. The van der Waals surface area contributed by atoms with E-state index in [0.29, 0.717) is 6.42 Å². The van der Waals surface area contributed by atoms with E-state index in [1.54, 1.807) is 6.92 Å². The van der Waals surface area contributed by atoms with Crippen molar-refractivity contribution in [2.75, 3.05) is 0 Å². The summed E-state index contributed by atoms with van der Waals surface area (Å²) in [5, 5.41) is 13.8. The SMILES string of the molecule is C[C@@H](O)Cc1cc(-c2ccccc2)nn1C. The molecule has 2 rings (SSSR count). The molecular formula is C13H16N2O. The van der Waals surface area contributed by atoms with E-state index in [-0.39, 0.29) is 6.10 Å². The molecule has 3 heteroatoms. The van der Waals surface area contributed by atoms with Gasteiger partial charge in [0, 0.05) is 24.7 Å². The summed E-state index contributed by atoms with van der Waals surface area (Å²) in [6, 6.07) is 12.1. The van der Waals surface area contributed by atoms with Crippen LogP contribution < -0.4 is 0 Å². The van der Waals surface area contributed by atoms with Crippen LogP contribution >= 0.6 is 0 Å². The molecule has 84 valence electrons. The molecule has 0 saturated carbocycles. The van der Waals surface area contributed by atoms with Gasteiger partial charge in [-0.1, -0.05) is 30.3 Å². The summed E-state index contributed by atoms with van der Waals surface area (Å²) in [4.78, 5) is 0. The molecule has 0 aliphatic heterocycles. The van der Waals surface area contributed by atoms with Crippen LogP contribution in [-0.4, -0.2) is 21.0 Å². The minimum absolute atomic E-state index is 0.334. The second-order valence-corrected chi connectivity index (χ2v) is 4.06. The van der Waals surface area contributed by atoms with Crippen molar-refractivity contribution in [3.63, 3.8) is 0 Å². The Morgan fingerprint density at radius 1 is 1.31 bits per heavy atom. The maximum absolute atomic E-state index is 9.37. The van der Waals surface area contributed by atoms with Gasteiger partial charge in [0.1, 0.15) is 0 Å². The molecule has 3 nitrogen and oxygen atoms in total. The normalized spacial score (nSPS) is 12.7. The molecule has 1 N–H and O–H groups in total. The number of hydrogen-bond donors (Lipinski definition) is 1. The summed E-state index contributed by atoms with van der Waals surface area (Å²) in [6.07, 6.45) is 0.301. The van der Waals surface area contributed by atoms with E-state index in [1.807, 2.05) is 48.1 Å². The highest BCUT2D eigenvalue weighted by molar-refractivity contribution is 5.59. The fourth-order valence-electron chi connectivity index (χ4n) is 1.75. The summed E-state index contributed by atoms with van der Waals surface area (Å²) in [5.74, 6) is 0. The van der Waals surface area contributed by atoms with Crippen molar-refractivity contribution >= 4 is 0 Å². The minimum atomic E-state index is -0.334. The monoisotopic (exact) mass is 216 g/mol. The highest BCUT2D eigenvalue weighted by atomic mass is 16.3. The zero-order valence-electron chi connectivity index (χ0n) is 9.59. The van der Waals surface area contributed by atoms with Gasteiger partial charge in [-0.3, -0.25) is 4.68 Å². The topological polar surface area (TPSA) is 38.1 Å². The molecule has 16 heavy (non-hydrogen) atoms. The van der Waals surface area contributed by atoms with Crippen LogP contribution in [0.4, 0.5) is 0 Å². The Balaban J connectivity index is 2.31. The number of aliphatic hydroxyl groups is 1. The molecule has 0 bridgehead atoms. The largest absolute Gasteiger partial charge is 0.393 e. The lowest BCUT2D eigenvalue weighted by Gasteiger charge is -2.02. The molecule has 0 fully saturated rings. The number of aliphatic hydroxyl groups excluding tert-OH is 1. The third-order valence-corrected chi connectivity index (χ3v) is 2.55. The van der Waals surface area contributed by atoms with E-state index in [1.165, 1.54) is 0 Å². The standard InChI is InChI=1S/C13H16N2O/c1-10(16)8-12-9-13(14-15(12)2)11-6-4-3-5-7-11/h3-7,9-10,16H,8H2,1-2H3/t10-/m1/s1. The zero-order valence-corrected chi connectivity index (χ0v) is 9.59. The van der Waals surface area contributed by atoms with Crippen molar-refractivity contribution in [3.8, 4) is 11.3 Å². The molecule has 0 saturated heterocycles. The van der Waals surface area contributed by atoms with Gasteiger partial charge in [0.05, 0.1) is 11.8 Å². The first-order valence-electron chi connectivity index (χ1n) is 5.43. The van der Waals surface area contributed by atoms with E-state index in [2.05, 4.69) is 5.10 Å². The summed E-state index contributed by atoms with van der Waals surface area (Å²) in [6.45, 7) is 1.79. The predicted molar refractivity (Wildman–Crippen MR) is 64.0 cm³/mol. The Labute approximate surface area is 95.3 Å². The first-order chi connectivity index (χ1) is 7.66. The van der Waals surface area contributed by atoms with Crippen molar-refractivity contribution < 1.29 is 5.11 Å². The lowest BCUT2D eigenvalue weighted by atomic mass is 10.1. The van der Waals surface area contributed by atoms with Crippen molar-refractivity contribution in [1.82, 2.24) is 9.78 Å². The molecule has 1 aromatic heterocycles. The maximum atomic E-state index is 9.37. The minimum Gasteiger partial charge on any atom is -0.393 e. The summed E-state index contributed by atoms with van der Waals surface area (Å²) >= 11 is 0. The van der Waals surface area contributed by atoms with E-state index < -0.39 is 0 Å².